The second-order valence-electron chi connectivity index (χ2n) is 4.81. The van der Waals surface area contributed by atoms with Gasteiger partial charge >= 0.3 is 0 Å². The molecule has 0 radical (unpaired) electrons. The van der Waals surface area contributed by atoms with Crippen molar-refractivity contribution in [3.05, 3.63) is 22.7 Å². The molecule has 0 spiro atoms. The van der Waals surface area contributed by atoms with Crippen molar-refractivity contribution in [1.29, 1.82) is 0 Å². The highest BCUT2D eigenvalue weighted by molar-refractivity contribution is 9.10. The zero-order chi connectivity index (χ0) is 14.0. The minimum atomic E-state index is -3.54. The van der Waals surface area contributed by atoms with Crippen LogP contribution in [0.2, 0.25) is 0 Å². The molecule has 0 amide bonds. The van der Waals surface area contributed by atoms with E-state index in [1.165, 1.54) is 6.07 Å². The lowest BCUT2D eigenvalue weighted by atomic mass is 10.2. The molecule has 1 atom stereocenters. The topological polar surface area (TPSA) is 75.4 Å². The Labute approximate surface area is 122 Å². The molecule has 1 aliphatic rings. The second kappa shape index (κ2) is 5.78. The number of hydrogen-bond acceptors (Lipinski definition) is 4. The molecule has 3 N–H and O–H groups in total. The maximum atomic E-state index is 12.2. The maximum absolute atomic E-state index is 12.2. The first kappa shape index (κ1) is 14.8. The molecule has 7 heteroatoms. The van der Waals surface area contributed by atoms with Crippen molar-refractivity contribution >= 4 is 31.6 Å². The summed E-state index contributed by atoms with van der Waals surface area (Å²) in [7, 11) is -1.53. The molecular formula is C12H18BrN3O2S. The van der Waals surface area contributed by atoms with Gasteiger partial charge in [0.15, 0.2) is 0 Å². The summed E-state index contributed by atoms with van der Waals surface area (Å²) in [6, 6.07) is 5.05. The summed E-state index contributed by atoms with van der Waals surface area (Å²) >= 11 is 3.26. The van der Waals surface area contributed by atoms with Crippen molar-refractivity contribution in [2.45, 2.75) is 23.8 Å². The van der Waals surface area contributed by atoms with Crippen molar-refractivity contribution in [2.75, 3.05) is 25.9 Å². The fraction of sp³-hybridized carbons (Fsp3) is 0.500. The first-order valence-corrected chi connectivity index (χ1v) is 8.43. The summed E-state index contributed by atoms with van der Waals surface area (Å²) in [5.74, 6) is 0. The number of benzene rings is 1. The summed E-state index contributed by atoms with van der Waals surface area (Å²) in [5.41, 5.74) is 6.01. The lowest BCUT2D eigenvalue weighted by Crippen LogP contribution is -2.38. The van der Waals surface area contributed by atoms with Crippen LogP contribution in [0.5, 0.6) is 0 Å². The molecule has 0 saturated carbocycles. The SMILES string of the molecule is CN1CCCC1CNS(=O)(=O)c1ccc(Br)cc1N. The van der Waals surface area contributed by atoms with E-state index in [0.717, 1.165) is 23.9 Å². The predicted octanol–water partition coefficient (Wildman–Crippen LogP) is 1.40. The van der Waals surface area contributed by atoms with E-state index in [1.54, 1.807) is 12.1 Å². The lowest BCUT2D eigenvalue weighted by molar-refractivity contribution is 0.311. The highest BCUT2D eigenvalue weighted by Gasteiger charge is 2.24. The van der Waals surface area contributed by atoms with Crippen molar-refractivity contribution in [2.24, 2.45) is 0 Å². The number of hydrogen-bond donors (Lipinski definition) is 2. The standard InChI is InChI=1S/C12H18BrN3O2S/c1-16-6-2-3-10(16)8-15-19(17,18)12-5-4-9(13)7-11(12)14/h4-5,7,10,15H,2-3,6,8,14H2,1H3. The largest absolute Gasteiger partial charge is 0.398 e. The van der Waals surface area contributed by atoms with Gasteiger partial charge in [0, 0.05) is 17.1 Å². The Morgan fingerprint density at radius 3 is 2.84 bits per heavy atom. The Hall–Kier alpha value is -0.630. The molecule has 1 unspecified atom stereocenters. The van der Waals surface area contributed by atoms with Gasteiger partial charge in [0.25, 0.3) is 0 Å². The average Bonchev–Trinajstić information content (AvgIpc) is 2.72. The van der Waals surface area contributed by atoms with Gasteiger partial charge in [-0.15, -0.1) is 0 Å². The van der Waals surface area contributed by atoms with E-state index in [4.69, 9.17) is 5.73 Å². The summed E-state index contributed by atoms with van der Waals surface area (Å²) in [4.78, 5) is 2.31. The first-order chi connectivity index (χ1) is 8.90. The van der Waals surface area contributed by atoms with Crippen LogP contribution in [0.1, 0.15) is 12.8 Å². The Balaban J connectivity index is 2.09. The lowest BCUT2D eigenvalue weighted by Gasteiger charge is -2.20. The molecule has 0 aliphatic carbocycles. The molecule has 1 saturated heterocycles. The Kier molecular flexibility index (Phi) is 4.50. The van der Waals surface area contributed by atoms with Gasteiger partial charge in [-0.25, -0.2) is 13.1 Å². The van der Waals surface area contributed by atoms with Crippen LogP contribution >= 0.6 is 15.9 Å². The normalized spacial score (nSPS) is 20.8. The van der Waals surface area contributed by atoms with Gasteiger partial charge in [-0.2, -0.15) is 0 Å². The quantitative estimate of drug-likeness (QED) is 0.807. The maximum Gasteiger partial charge on any atom is 0.242 e. The van der Waals surface area contributed by atoms with Crippen LogP contribution in [0, 0.1) is 0 Å². The Bertz CT molecular complexity index is 562. The molecular weight excluding hydrogens is 330 g/mol. The number of halogens is 1. The van der Waals surface area contributed by atoms with Gasteiger partial charge in [-0.05, 0) is 44.6 Å². The number of rotatable bonds is 4. The minimum absolute atomic E-state index is 0.136. The molecule has 1 aromatic carbocycles. The van der Waals surface area contributed by atoms with Crippen LogP contribution in [0.15, 0.2) is 27.6 Å². The smallest absolute Gasteiger partial charge is 0.242 e. The minimum Gasteiger partial charge on any atom is -0.398 e. The highest BCUT2D eigenvalue weighted by Crippen LogP contribution is 2.23. The van der Waals surface area contributed by atoms with Gasteiger partial charge in [0.2, 0.25) is 10.0 Å². The number of nitrogens with two attached hydrogens (primary N) is 1. The molecule has 5 nitrogen and oxygen atoms in total. The number of nitrogen functional groups attached to an aromatic ring is 1. The molecule has 1 heterocycles. The summed E-state index contributed by atoms with van der Waals surface area (Å²) in [6.45, 7) is 1.45. The van der Waals surface area contributed by atoms with Crippen LogP contribution in [0.25, 0.3) is 0 Å². The molecule has 19 heavy (non-hydrogen) atoms. The predicted molar refractivity (Wildman–Crippen MR) is 79.4 cm³/mol. The van der Waals surface area contributed by atoms with Crippen LogP contribution in [-0.2, 0) is 10.0 Å². The van der Waals surface area contributed by atoms with Gasteiger partial charge < -0.3 is 10.6 Å². The molecule has 106 valence electrons. The van der Waals surface area contributed by atoms with Crippen LogP contribution < -0.4 is 10.5 Å². The molecule has 1 aromatic rings. The third kappa shape index (κ3) is 3.47. The van der Waals surface area contributed by atoms with Gasteiger partial charge in [-0.1, -0.05) is 15.9 Å². The van der Waals surface area contributed by atoms with Crippen LogP contribution in [-0.4, -0.2) is 39.5 Å². The van der Waals surface area contributed by atoms with Gasteiger partial charge in [-0.3, -0.25) is 0 Å². The zero-order valence-corrected chi connectivity index (χ0v) is 13.2. The number of likely N-dealkylation sites (tertiary alicyclic amines) is 1. The Morgan fingerprint density at radius 2 is 2.26 bits per heavy atom. The van der Waals surface area contributed by atoms with E-state index in [1.807, 2.05) is 7.05 Å². The molecule has 1 aliphatic heterocycles. The van der Waals surface area contributed by atoms with E-state index in [9.17, 15) is 8.42 Å². The molecule has 0 aromatic heterocycles. The van der Waals surface area contributed by atoms with E-state index >= 15 is 0 Å². The highest BCUT2D eigenvalue weighted by atomic mass is 79.9. The van der Waals surface area contributed by atoms with E-state index in [2.05, 4.69) is 25.6 Å². The first-order valence-electron chi connectivity index (χ1n) is 6.15. The van der Waals surface area contributed by atoms with Crippen LogP contribution in [0.3, 0.4) is 0 Å². The number of anilines is 1. The third-order valence-corrected chi connectivity index (χ3v) is 5.43. The van der Waals surface area contributed by atoms with E-state index in [0.29, 0.717) is 6.54 Å². The van der Waals surface area contributed by atoms with E-state index < -0.39 is 10.0 Å². The fourth-order valence-corrected chi connectivity index (χ4v) is 3.85. The van der Waals surface area contributed by atoms with Crippen molar-refractivity contribution < 1.29 is 8.42 Å². The number of nitrogens with zero attached hydrogens (tertiary/aromatic N) is 1. The Morgan fingerprint density at radius 1 is 1.53 bits per heavy atom. The monoisotopic (exact) mass is 347 g/mol. The third-order valence-electron chi connectivity index (χ3n) is 3.44. The number of likely N-dealkylation sites (N-methyl/N-ethyl adjacent to an activating group) is 1. The van der Waals surface area contributed by atoms with E-state index in [-0.39, 0.29) is 16.6 Å². The average molecular weight is 348 g/mol. The van der Waals surface area contributed by atoms with Crippen molar-refractivity contribution in [3.63, 3.8) is 0 Å². The second-order valence-corrected chi connectivity index (χ2v) is 7.46. The number of nitrogens with one attached hydrogen (secondary N) is 1. The molecule has 1 fully saturated rings. The summed E-state index contributed by atoms with van der Waals surface area (Å²) < 4.78 is 27.8. The summed E-state index contributed by atoms with van der Waals surface area (Å²) in [5, 5.41) is 0. The summed E-state index contributed by atoms with van der Waals surface area (Å²) in [6.07, 6.45) is 2.14. The zero-order valence-electron chi connectivity index (χ0n) is 10.8. The van der Waals surface area contributed by atoms with Gasteiger partial charge in [0.1, 0.15) is 4.90 Å². The molecule has 0 bridgehead atoms. The molecule has 2 rings (SSSR count). The fourth-order valence-electron chi connectivity index (χ4n) is 2.28. The number of sulfonamides is 1. The van der Waals surface area contributed by atoms with Crippen molar-refractivity contribution in [3.8, 4) is 0 Å². The van der Waals surface area contributed by atoms with Crippen LogP contribution in [0.4, 0.5) is 5.69 Å². The van der Waals surface area contributed by atoms with Crippen molar-refractivity contribution in [1.82, 2.24) is 9.62 Å². The van der Waals surface area contributed by atoms with Gasteiger partial charge in [0.05, 0.1) is 5.69 Å².